The lowest BCUT2D eigenvalue weighted by molar-refractivity contribution is 0.0944. The molecule has 6 heteroatoms. The van der Waals surface area contributed by atoms with Crippen LogP contribution >= 0.6 is 0 Å². The summed E-state index contributed by atoms with van der Waals surface area (Å²) in [6.07, 6.45) is 4.69. The summed E-state index contributed by atoms with van der Waals surface area (Å²) in [4.78, 5) is 26.8. The number of nitrogens with zero attached hydrogens (tertiary/aromatic N) is 3. The summed E-state index contributed by atoms with van der Waals surface area (Å²) in [5.41, 5.74) is 1.65. The highest BCUT2D eigenvalue weighted by Crippen LogP contribution is 2.19. The average molecular weight is 349 g/mol. The number of aromatic nitrogens is 3. The molecule has 0 bridgehead atoms. The molecule has 4 rings (SSSR count). The van der Waals surface area contributed by atoms with Crippen LogP contribution in [0.2, 0.25) is 0 Å². The molecule has 6 nitrogen and oxygen atoms in total. The van der Waals surface area contributed by atoms with Gasteiger partial charge in [0.15, 0.2) is 0 Å². The van der Waals surface area contributed by atoms with Crippen molar-refractivity contribution in [2.45, 2.75) is 19.9 Å². The Morgan fingerprint density at radius 1 is 1.31 bits per heavy atom. The van der Waals surface area contributed by atoms with Gasteiger partial charge < -0.3 is 10.3 Å². The molecule has 1 aliphatic rings. The zero-order valence-electron chi connectivity index (χ0n) is 14.9. The first-order valence-corrected chi connectivity index (χ1v) is 9.04. The summed E-state index contributed by atoms with van der Waals surface area (Å²) >= 11 is 0. The number of carbonyl (C=O) groups excluding carboxylic acids is 1. The van der Waals surface area contributed by atoms with Gasteiger partial charge in [-0.2, -0.15) is 0 Å². The highest BCUT2D eigenvalue weighted by atomic mass is 16.1. The third kappa shape index (κ3) is 3.60. The zero-order chi connectivity index (χ0) is 17.9. The summed E-state index contributed by atoms with van der Waals surface area (Å²) in [5.74, 6) is 1.33. The van der Waals surface area contributed by atoms with Crippen LogP contribution in [-0.4, -0.2) is 45.4 Å². The number of rotatable bonds is 5. The molecule has 0 radical (unpaired) electrons. The third-order valence-corrected chi connectivity index (χ3v) is 4.96. The van der Waals surface area contributed by atoms with Gasteiger partial charge in [0.2, 0.25) is 0 Å². The van der Waals surface area contributed by atoms with E-state index in [2.05, 4.69) is 25.2 Å². The number of nitrogens with one attached hydrogen (secondary N) is 2. The molecule has 1 aromatic carbocycles. The first kappa shape index (κ1) is 16.7. The van der Waals surface area contributed by atoms with Crippen LogP contribution in [-0.2, 0) is 6.54 Å². The predicted molar refractivity (Wildman–Crippen MR) is 101 cm³/mol. The number of H-pyrrole nitrogens is 1. The molecular formula is C20H23N5O. The molecule has 134 valence electrons. The summed E-state index contributed by atoms with van der Waals surface area (Å²) < 4.78 is 0. The van der Waals surface area contributed by atoms with Crippen molar-refractivity contribution >= 4 is 16.7 Å². The molecule has 1 amide bonds. The van der Waals surface area contributed by atoms with Crippen molar-refractivity contribution in [1.82, 2.24) is 25.2 Å². The van der Waals surface area contributed by atoms with E-state index in [0.29, 0.717) is 18.2 Å². The number of hydrogen-bond acceptors (Lipinski definition) is 4. The Labute approximate surface area is 152 Å². The monoisotopic (exact) mass is 349 g/mol. The van der Waals surface area contributed by atoms with Crippen molar-refractivity contribution in [3.8, 4) is 0 Å². The van der Waals surface area contributed by atoms with Gasteiger partial charge in [0, 0.05) is 43.1 Å². The first-order valence-electron chi connectivity index (χ1n) is 9.04. The van der Waals surface area contributed by atoms with E-state index in [0.717, 1.165) is 48.3 Å². The van der Waals surface area contributed by atoms with Crippen molar-refractivity contribution in [2.75, 3.05) is 19.6 Å². The fourth-order valence-electron chi connectivity index (χ4n) is 3.64. The van der Waals surface area contributed by atoms with Crippen LogP contribution in [0.3, 0.4) is 0 Å². The van der Waals surface area contributed by atoms with Gasteiger partial charge in [-0.1, -0.05) is 24.3 Å². The standard InChI is InChI=1S/C20H23N5O/c1-14-22-11-17(24-14)13-25-9-7-15(12-25)10-23-20(26)19-18-5-3-2-4-16(18)6-8-21-19/h2-6,8,11,15H,7,9-10,12-13H2,1H3,(H,22,24)(H,23,26). The van der Waals surface area contributed by atoms with Crippen molar-refractivity contribution in [3.63, 3.8) is 0 Å². The second kappa shape index (κ2) is 7.25. The Morgan fingerprint density at radius 2 is 2.19 bits per heavy atom. The average Bonchev–Trinajstić information content (AvgIpc) is 3.28. The van der Waals surface area contributed by atoms with Crippen LogP contribution in [0.4, 0.5) is 0 Å². The second-order valence-corrected chi connectivity index (χ2v) is 6.97. The highest BCUT2D eigenvalue weighted by Gasteiger charge is 2.23. The van der Waals surface area contributed by atoms with Gasteiger partial charge in [-0.05, 0) is 37.3 Å². The van der Waals surface area contributed by atoms with Crippen molar-refractivity contribution in [1.29, 1.82) is 0 Å². The maximum atomic E-state index is 12.6. The number of aromatic amines is 1. The van der Waals surface area contributed by atoms with Crippen molar-refractivity contribution < 1.29 is 4.79 Å². The van der Waals surface area contributed by atoms with E-state index in [4.69, 9.17) is 0 Å². The molecule has 3 heterocycles. The van der Waals surface area contributed by atoms with Gasteiger partial charge in [0.1, 0.15) is 11.5 Å². The summed E-state index contributed by atoms with van der Waals surface area (Å²) in [6, 6.07) is 9.78. The van der Waals surface area contributed by atoms with Crippen molar-refractivity contribution in [2.24, 2.45) is 5.92 Å². The molecule has 1 unspecified atom stereocenters. The Balaban J connectivity index is 1.33. The van der Waals surface area contributed by atoms with Crippen LogP contribution in [0.15, 0.2) is 42.7 Å². The fraction of sp³-hybridized carbons (Fsp3) is 0.350. The number of benzene rings is 1. The van der Waals surface area contributed by atoms with Gasteiger partial charge in [-0.15, -0.1) is 0 Å². The van der Waals surface area contributed by atoms with E-state index in [-0.39, 0.29) is 5.91 Å². The zero-order valence-corrected chi connectivity index (χ0v) is 14.9. The number of carbonyl (C=O) groups is 1. The lowest BCUT2D eigenvalue weighted by Gasteiger charge is -2.15. The minimum atomic E-state index is -0.0931. The molecule has 0 spiro atoms. The largest absolute Gasteiger partial charge is 0.350 e. The van der Waals surface area contributed by atoms with E-state index in [1.54, 1.807) is 6.20 Å². The van der Waals surface area contributed by atoms with Crippen LogP contribution in [0, 0.1) is 12.8 Å². The molecule has 1 fully saturated rings. The molecule has 1 aliphatic heterocycles. The van der Waals surface area contributed by atoms with E-state index < -0.39 is 0 Å². The number of likely N-dealkylation sites (tertiary alicyclic amines) is 1. The topological polar surface area (TPSA) is 73.9 Å². The minimum Gasteiger partial charge on any atom is -0.350 e. The Bertz CT molecular complexity index is 914. The number of imidazole rings is 1. The number of fused-ring (bicyclic) bond motifs is 1. The Kier molecular flexibility index (Phi) is 4.67. The molecular weight excluding hydrogens is 326 g/mol. The first-order chi connectivity index (χ1) is 12.7. The maximum Gasteiger partial charge on any atom is 0.270 e. The SMILES string of the molecule is Cc1ncc(CN2CCC(CNC(=O)c3nccc4ccccc34)C2)[nH]1. The molecule has 0 saturated carbocycles. The summed E-state index contributed by atoms with van der Waals surface area (Å²) in [5, 5.41) is 5.01. The van der Waals surface area contributed by atoms with E-state index in [9.17, 15) is 4.79 Å². The van der Waals surface area contributed by atoms with Crippen LogP contribution < -0.4 is 5.32 Å². The molecule has 2 aromatic heterocycles. The predicted octanol–water partition coefficient (Wildman–Crippen LogP) is 2.52. The molecule has 3 aromatic rings. The van der Waals surface area contributed by atoms with E-state index in [1.807, 2.05) is 43.5 Å². The van der Waals surface area contributed by atoms with Gasteiger partial charge in [-0.3, -0.25) is 14.7 Å². The van der Waals surface area contributed by atoms with Crippen LogP contribution in [0.1, 0.15) is 28.4 Å². The summed E-state index contributed by atoms with van der Waals surface area (Å²) in [6.45, 7) is 5.57. The van der Waals surface area contributed by atoms with Gasteiger partial charge in [0.25, 0.3) is 5.91 Å². The highest BCUT2D eigenvalue weighted by molar-refractivity contribution is 6.05. The number of pyridine rings is 1. The van der Waals surface area contributed by atoms with E-state index >= 15 is 0 Å². The normalized spacial score (nSPS) is 17.7. The van der Waals surface area contributed by atoms with Gasteiger partial charge in [-0.25, -0.2) is 4.98 Å². The molecule has 0 aliphatic carbocycles. The van der Waals surface area contributed by atoms with Crippen LogP contribution in [0.25, 0.3) is 10.8 Å². The second-order valence-electron chi connectivity index (χ2n) is 6.97. The molecule has 2 N–H and O–H groups in total. The van der Waals surface area contributed by atoms with Crippen LogP contribution in [0.5, 0.6) is 0 Å². The number of amides is 1. The quantitative estimate of drug-likeness (QED) is 0.742. The minimum absolute atomic E-state index is 0.0931. The molecule has 1 atom stereocenters. The molecule has 26 heavy (non-hydrogen) atoms. The lowest BCUT2D eigenvalue weighted by Crippen LogP contribution is -2.31. The summed E-state index contributed by atoms with van der Waals surface area (Å²) in [7, 11) is 0. The fourth-order valence-corrected chi connectivity index (χ4v) is 3.64. The third-order valence-electron chi connectivity index (χ3n) is 4.96. The van der Waals surface area contributed by atoms with Crippen molar-refractivity contribution in [3.05, 3.63) is 59.9 Å². The lowest BCUT2D eigenvalue weighted by atomic mass is 10.1. The van der Waals surface area contributed by atoms with Gasteiger partial charge >= 0.3 is 0 Å². The number of aryl methyl sites for hydroxylation is 1. The molecule has 1 saturated heterocycles. The van der Waals surface area contributed by atoms with E-state index in [1.165, 1.54) is 0 Å². The van der Waals surface area contributed by atoms with Gasteiger partial charge in [0.05, 0.1) is 0 Å². The maximum absolute atomic E-state index is 12.6. The Hall–Kier alpha value is -2.73. The Morgan fingerprint density at radius 3 is 3.04 bits per heavy atom. The smallest absolute Gasteiger partial charge is 0.270 e. The number of hydrogen-bond donors (Lipinski definition) is 2.